The molecule has 0 N–H and O–H groups in total. The van der Waals surface area contributed by atoms with Gasteiger partial charge in [-0.2, -0.15) is 31.4 Å². The minimum absolute atomic E-state index is 0.0767. The number of halogens is 8. The van der Waals surface area contributed by atoms with Crippen LogP contribution in [0, 0.1) is 11.6 Å². The Hall–Kier alpha value is -3.24. The zero-order valence-electron chi connectivity index (χ0n) is 14.1. The maximum Gasteiger partial charge on any atom is 0.435 e. The first-order valence-corrected chi connectivity index (χ1v) is 7.79. The van der Waals surface area contributed by atoms with Crippen molar-refractivity contribution in [2.24, 2.45) is 4.99 Å². The summed E-state index contributed by atoms with van der Waals surface area (Å²) in [5.74, 6) is -1.70. The van der Waals surface area contributed by atoms with Crippen molar-refractivity contribution < 1.29 is 35.1 Å². The third kappa shape index (κ3) is 4.61. The molecule has 152 valence electrons. The van der Waals surface area contributed by atoms with Gasteiger partial charge in [0.15, 0.2) is 11.5 Å². The molecule has 0 aliphatic rings. The van der Waals surface area contributed by atoms with E-state index in [2.05, 4.69) is 10.1 Å². The van der Waals surface area contributed by atoms with Crippen molar-refractivity contribution >= 4 is 11.9 Å². The molecule has 0 saturated heterocycles. The second kappa shape index (κ2) is 7.30. The van der Waals surface area contributed by atoms with Gasteiger partial charge in [-0.25, -0.2) is 13.5 Å². The van der Waals surface area contributed by atoms with Gasteiger partial charge in [0.25, 0.3) is 0 Å². The molecule has 0 bridgehead atoms. The predicted octanol–water partition coefficient (Wildman–Crippen LogP) is 5.94. The Kier molecular flexibility index (Phi) is 5.16. The molecule has 3 aromatic rings. The van der Waals surface area contributed by atoms with Crippen LogP contribution < -0.4 is 0 Å². The Bertz CT molecular complexity index is 1050. The topological polar surface area (TPSA) is 30.2 Å². The van der Waals surface area contributed by atoms with Gasteiger partial charge in [-0.05, 0) is 29.8 Å². The van der Waals surface area contributed by atoms with E-state index in [4.69, 9.17) is 0 Å². The smallest absolute Gasteiger partial charge is 0.253 e. The molecule has 0 aliphatic heterocycles. The van der Waals surface area contributed by atoms with Gasteiger partial charge in [0, 0.05) is 18.3 Å². The lowest BCUT2D eigenvalue weighted by Gasteiger charge is -2.10. The normalized spacial score (nSPS) is 12.7. The Morgan fingerprint density at radius 3 is 2.03 bits per heavy atom. The summed E-state index contributed by atoms with van der Waals surface area (Å²) >= 11 is 0. The number of hydrogen-bond donors (Lipinski definition) is 0. The second-order valence-corrected chi connectivity index (χ2v) is 5.77. The van der Waals surface area contributed by atoms with Crippen LogP contribution in [0.1, 0.15) is 17.0 Å². The van der Waals surface area contributed by atoms with E-state index < -0.39 is 35.4 Å². The Morgan fingerprint density at radius 2 is 1.48 bits per heavy atom. The first-order valence-electron chi connectivity index (χ1n) is 7.79. The molecule has 0 amide bonds. The lowest BCUT2D eigenvalue weighted by atomic mass is 10.2. The molecule has 0 radical (unpaired) electrons. The summed E-state index contributed by atoms with van der Waals surface area (Å²) in [6.07, 6.45) is -8.94. The Labute approximate surface area is 157 Å². The molecule has 0 saturated carbocycles. The van der Waals surface area contributed by atoms with Gasteiger partial charge in [0.05, 0.1) is 11.4 Å². The molecule has 1 aromatic heterocycles. The summed E-state index contributed by atoms with van der Waals surface area (Å²) in [5.41, 5.74) is -3.38. The molecule has 1 heterocycles. The van der Waals surface area contributed by atoms with Gasteiger partial charge in [-0.1, -0.05) is 12.1 Å². The Morgan fingerprint density at radius 1 is 0.828 bits per heavy atom. The quantitative estimate of drug-likeness (QED) is 0.382. The zero-order valence-corrected chi connectivity index (χ0v) is 14.1. The summed E-state index contributed by atoms with van der Waals surface area (Å²) in [4.78, 5) is 3.79. The number of nitrogens with zero attached hydrogens (tertiary/aromatic N) is 3. The lowest BCUT2D eigenvalue weighted by Crippen LogP contribution is -2.13. The number of rotatable bonds is 3. The van der Waals surface area contributed by atoms with E-state index in [-0.39, 0.29) is 22.1 Å². The highest BCUT2D eigenvalue weighted by molar-refractivity contribution is 5.82. The number of benzene rings is 2. The molecule has 11 heteroatoms. The monoisotopic (exact) mass is 419 g/mol. The SMILES string of the molecule is Fc1ccc(/N=C/c2ccc(-n3nc(C(F)(F)F)cc3C(F)(F)F)cc2)c(F)c1. The van der Waals surface area contributed by atoms with Crippen molar-refractivity contribution in [2.45, 2.75) is 12.4 Å². The first kappa shape index (κ1) is 20.5. The largest absolute Gasteiger partial charge is 0.435 e. The van der Waals surface area contributed by atoms with Crippen LogP contribution in [-0.2, 0) is 12.4 Å². The molecule has 0 unspecified atom stereocenters. The van der Waals surface area contributed by atoms with Crippen molar-refractivity contribution in [3.63, 3.8) is 0 Å². The average Bonchev–Trinajstić information content (AvgIpc) is 3.08. The first-order chi connectivity index (χ1) is 13.4. The van der Waals surface area contributed by atoms with Gasteiger partial charge in [0.1, 0.15) is 11.5 Å². The predicted molar refractivity (Wildman–Crippen MR) is 87.2 cm³/mol. The van der Waals surface area contributed by atoms with Gasteiger partial charge >= 0.3 is 12.4 Å². The number of aliphatic imine (C=N–C) groups is 1. The summed E-state index contributed by atoms with van der Waals surface area (Å²) in [5, 5.41) is 3.01. The van der Waals surface area contributed by atoms with Gasteiger partial charge in [-0.3, -0.25) is 4.99 Å². The fourth-order valence-corrected chi connectivity index (χ4v) is 2.35. The minimum atomic E-state index is -5.06. The van der Waals surface area contributed by atoms with Crippen LogP contribution in [0.3, 0.4) is 0 Å². The molecular weight excluding hydrogens is 410 g/mol. The van der Waals surface area contributed by atoms with Crippen LogP contribution in [0.25, 0.3) is 5.69 Å². The number of hydrogen-bond acceptors (Lipinski definition) is 2. The summed E-state index contributed by atoms with van der Waals surface area (Å²) < 4.78 is 104. The van der Waals surface area contributed by atoms with Gasteiger partial charge in [0.2, 0.25) is 0 Å². The molecule has 0 atom stereocenters. The van der Waals surface area contributed by atoms with Gasteiger partial charge < -0.3 is 0 Å². The maximum atomic E-state index is 13.5. The van der Waals surface area contributed by atoms with Gasteiger partial charge in [-0.15, -0.1) is 0 Å². The maximum absolute atomic E-state index is 13.5. The molecule has 0 fully saturated rings. The lowest BCUT2D eigenvalue weighted by molar-refractivity contribution is -0.143. The molecular formula is C18H9F8N3. The Balaban J connectivity index is 1.92. The molecule has 0 spiro atoms. The van der Waals surface area contributed by atoms with Crippen molar-refractivity contribution in [3.05, 3.63) is 77.1 Å². The van der Waals surface area contributed by atoms with Crippen molar-refractivity contribution in [3.8, 4) is 5.69 Å². The standard InChI is InChI=1S/C18H9F8N3/c19-11-3-6-14(13(20)7-11)27-9-10-1-4-12(5-2-10)29-16(18(24,25)26)8-15(28-29)17(21,22)23/h1-9H/b27-9+. The molecule has 0 aliphatic carbocycles. The third-order valence-corrected chi connectivity index (χ3v) is 3.69. The van der Waals surface area contributed by atoms with E-state index in [9.17, 15) is 35.1 Å². The average molecular weight is 419 g/mol. The highest BCUT2D eigenvalue weighted by Crippen LogP contribution is 2.36. The van der Waals surface area contributed by atoms with Crippen LogP contribution in [0.4, 0.5) is 40.8 Å². The van der Waals surface area contributed by atoms with Crippen molar-refractivity contribution in [1.82, 2.24) is 9.78 Å². The molecule has 3 rings (SSSR count). The minimum Gasteiger partial charge on any atom is -0.253 e. The van der Waals surface area contributed by atoms with Crippen LogP contribution in [0.5, 0.6) is 0 Å². The summed E-state index contributed by atoms with van der Waals surface area (Å²) in [6.45, 7) is 0. The second-order valence-electron chi connectivity index (χ2n) is 5.77. The third-order valence-electron chi connectivity index (χ3n) is 3.69. The van der Waals surface area contributed by atoms with E-state index >= 15 is 0 Å². The fourth-order valence-electron chi connectivity index (χ4n) is 2.35. The van der Waals surface area contributed by atoms with Crippen LogP contribution in [0.15, 0.2) is 53.5 Å². The highest BCUT2D eigenvalue weighted by atomic mass is 19.4. The summed E-state index contributed by atoms with van der Waals surface area (Å²) in [7, 11) is 0. The van der Waals surface area contributed by atoms with Crippen LogP contribution >= 0.6 is 0 Å². The van der Waals surface area contributed by atoms with Crippen LogP contribution in [0.2, 0.25) is 0 Å². The van der Waals surface area contributed by atoms with Crippen LogP contribution in [-0.4, -0.2) is 16.0 Å². The van der Waals surface area contributed by atoms with Crippen molar-refractivity contribution in [1.29, 1.82) is 0 Å². The summed E-state index contributed by atoms with van der Waals surface area (Å²) in [6, 6.07) is 7.36. The molecule has 3 nitrogen and oxygen atoms in total. The molecule has 2 aromatic carbocycles. The van der Waals surface area contributed by atoms with E-state index in [1.807, 2.05) is 0 Å². The fraction of sp³-hybridized carbons (Fsp3) is 0.111. The zero-order chi connectivity index (χ0) is 21.4. The highest BCUT2D eigenvalue weighted by Gasteiger charge is 2.42. The number of aromatic nitrogens is 2. The van der Waals surface area contributed by atoms with E-state index in [0.29, 0.717) is 11.6 Å². The number of alkyl halides is 6. The molecule has 29 heavy (non-hydrogen) atoms. The van der Waals surface area contributed by atoms with Crippen molar-refractivity contribution in [2.75, 3.05) is 0 Å². The van der Waals surface area contributed by atoms with E-state index in [1.54, 1.807) is 0 Å². The van der Waals surface area contributed by atoms with E-state index in [1.165, 1.54) is 12.1 Å². The van der Waals surface area contributed by atoms with E-state index in [0.717, 1.165) is 30.5 Å².